The lowest BCUT2D eigenvalue weighted by Gasteiger charge is -2.07. The number of carbonyl (C=O) groups excluding carboxylic acids is 1. The van der Waals surface area contributed by atoms with Crippen molar-refractivity contribution >= 4 is 23.2 Å². The highest BCUT2D eigenvalue weighted by molar-refractivity contribution is 6.34. The first kappa shape index (κ1) is 14.3. The van der Waals surface area contributed by atoms with Crippen LogP contribution in [0.2, 0.25) is 5.02 Å². The minimum absolute atomic E-state index is 0.0358. The molecular formula is C11H6ClF4N3O. The van der Waals surface area contributed by atoms with E-state index in [-0.39, 0.29) is 16.8 Å². The predicted molar refractivity (Wildman–Crippen MR) is 62.4 cm³/mol. The van der Waals surface area contributed by atoms with Crippen molar-refractivity contribution in [2.24, 2.45) is 7.05 Å². The highest BCUT2D eigenvalue weighted by Crippen LogP contribution is 2.25. The summed E-state index contributed by atoms with van der Waals surface area (Å²) >= 11 is 5.67. The van der Waals surface area contributed by atoms with Gasteiger partial charge < -0.3 is 5.32 Å². The van der Waals surface area contributed by atoms with Crippen molar-refractivity contribution in [3.05, 3.63) is 46.2 Å². The van der Waals surface area contributed by atoms with Gasteiger partial charge in [-0.05, 0) is 0 Å². The highest BCUT2D eigenvalue weighted by Gasteiger charge is 2.23. The van der Waals surface area contributed by atoms with Gasteiger partial charge in [-0.15, -0.1) is 0 Å². The molecule has 0 radical (unpaired) electrons. The minimum atomic E-state index is -1.72. The maximum atomic E-state index is 13.4. The van der Waals surface area contributed by atoms with Gasteiger partial charge in [0.05, 0.1) is 5.02 Å². The number of rotatable bonds is 2. The number of nitrogens with one attached hydrogen (secondary N) is 1. The molecule has 20 heavy (non-hydrogen) atoms. The molecule has 0 unspecified atom stereocenters. The van der Waals surface area contributed by atoms with Crippen LogP contribution in [0, 0.1) is 23.3 Å². The number of anilines is 1. The second kappa shape index (κ2) is 5.12. The molecule has 0 saturated carbocycles. The van der Waals surface area contributed by atoms with Crippen LogP contribution in [0.3, 0.4) is 0 Å². The van der Waals surface area contributed by atoms with E-state index >= 15 is 0 Å². The summed E-state index contributed by atoms with van der Waals surface area (Å²) in [6.45, 7) is 0. The van der Waals surface area contributed by atoms with Crippen molar-refractivity contribution in [2.75, 3.05) is 5.32 Å². The molecule has 2 aromatic rings. The number of hydrogen-bond donors (Lipinski definition) is 1. The molecule has 1 aromatic heterocycles. The summed E-state index contributed by atoms with van der Waals surface area (Å²) in [5, 5.41) is 5.27. The number of aryl methyl sites for hydroxylation is 1. The predicted octanol–water partition coefficient (Wildman–Crippen LogP) is 2.88. The number of aromatic nitrogens is 2. The highest BCUT2D eigenvalue weighted by atomic mass is 35.5. The van der Waals surface area contributed by atoms with Crippen LogP contribution in [0.4, 0.5) is 23.2 Å². The Labute approximate surface area is 115 Å². The maximum Gasteiger partial charge on any atom is 0.277 e. The van der Waals surface area contributed by atoms with Crippen LogP contribution >= 0.6 is 11.6 Å². The largest absolute Gasteiger partial charge is 0.315 e. The van der Waals surface area contributed by atoms with E-state index in [1.54, 1.807) is 5.32 Å². The van der Waals surface area contributed by atoms with Gasteiger partial charge in [0, 0.05) is 19.3 Å². The fraction of sp³-hybridized carbons (Fsp3) is 0.0909. The van der Waals surface area contributed by atoms with Gasteiger partial charge in [-0.3, -0.25) is 9.48 Å². The van der Waals surface area contributed by atoms with Crippen molar-refractivity contribution in [3.8, 4) is 0 Å². The SMILES string of the molecule is Cn1cc(Cl)c(C(=O)Nc2c(F)c(F)cc(F)c2F)n1. The molecule has 2 rings (SSSR count). The topological polar surface area (TPSA) is 46.9 Å². The fourth-order valence-electron chi connectivity index (χ4n) is 1.47. The molecule has 0 spiro atoms. The first-order valence-corrected chi connectivity index (χ1v) is 5.52. The molecule has 1 aromatic carbocycles. The molecule has 1 N–H and O–H groups in total. The zero-order valence-electron chi connectivity index (χ0n) is 9.85. The summed E-state index contributed by atoms with van der Waals surface area (Å²) in [7, 11) is 1.46. The lowest BCUT2D eigenvalue weighted by atomic mass is 10.2. The molecule has 0 fully saturated rings. The number of halogens is 5. The smallest absolute Gasteiger partial charge is 0.277 e. The summed E-state index contributed by atoms with van der Waals surface area (Å²) in [5.41, 5.74) is -1.58. The Hall–Kier alpha value is -2.09. The molecule has 0 saturated heterocycles. The summed E-state index contributed by atoms with van der Waals surface area (Å²) in [6, 6.07) is 0.0358. The first-order valence-electron chi connectivity index (χ1n) is 5.14. The standard InChI is InChI=1S/C11H6ClF4N3O/c1-19-3-4(12)9(18-19)11(20)17-10-7(15)5(13)2-6(14)8(10)16/h2-3H,1H3,(H,17,20). The van der Waals surface area contributed by atoms with Crippen molar-refractivity contribution in [2.45, 2.75) is 0 Å². The van der Waals surface area contributed by atoms with Crippen molar-refractivity contribution in [3.63, 3.8) is 0 Å². The van der Waals surface area contributed by atoms with E-state index in [0.29, 0.717) is 0 Å². The van der Waals surface area contributed by atoms with Crippen LogP contribution in [-0.4, -0.2) is 15.7 Å². The van der Waals surface area contributed by atoms with E-state index in [0.717, 1.165) is 0 Å². The minimum Gasteiger partial charge on any atom is -0.315 e. The number of hydrogen-bond acceptors (Lipinski definition) is 2. The lowest BCUT2D eigenvalue weighted by Crippen LogP contribution is -2.17. The molecule has 1 heterocycles. The summed E-state index contributed by atoms with van der Waals surface area (Å²) < 4.78 is 53.9. The summed E-state index contributed by atoms with van der Waals surface area (Å²) in [4.78, 5) is 11.7. The van der Waals surface area contributed by atoms with E-state index in [2.05, 4.69) is 5.10 Å². The Kier molecular flexibility index (Phi) is 3.67. The second-order valence-electron chi connectivity index (χ2n) is 3.80. The van der Waals surface area contributed by atoms with Crippen LogP contribution in [0.15, 0.2) is 12.3 Å². The molecule has 1 amide bonds. The van der Waals surface area contributed by atoms with E-state index in [1.807, 2.05) is 0 Å². The third-order valence-corrected chi connectivity index (χ3v) is 2.63. The Bertz CT molecular complexity index is 675. The lowest BCUT2D eigenvalue weighted by molar-refractivity contribution is 0.102. The zero-order chi connectivity index (χ0) is 15.0. The average molecular weight is 308 g/mol. The van der Waals surface area contributed by atoms with Crippen LogP contribution in [0.25, 0.3) is 0 Å². The molecule has 0 aliphatic heterocycles. The van der Waals surface area contributed by atoms with Crippen molar-refractivity contribution in [1.29, 1.82) is 0 Å². The van der Waals surface area contributed by atoms with E-state index in [1.165, 1.54) is 17.9 Å². The molecule has 0 bridgehead atoms. The fourth-order valence-corrected chi connectivity index (χ4v) is 1.73. The van der Waals surface area contributed by atoms with Crippen LogP contribution in [-0.2, 0) is 7.05 Å². The van der Waals surface area contributed by atoms with Gasteiger partial charge in [0.1, 0.15) is 5.69 Å². The Balaban J connectivity index is 2.40. The van der Waals surface area contributed by atoms with Crippen molar-refractivity contribution < 1.29 is 22.4 Å². The Morgan fingerprint density at radius 1 is 1.25 bits per heavy atom. The van der Waals surface area contributed by atoms with Gasteiger partial charge in [-0.1, -0.05) is 11.6 Å². The molecule has 0 atom stereocenters. The van der Waals surface area contributed by atoms with E-state index in [4.69, 9.17) is 11.6 Å². The number of amides is 1. The molecule has 4 nitrogen and oxygen atoms in total. The quantitative estimate of drug-likeness (QED) is 0.685. The number of benzene rings is 1. The van der Waals surface area contributed by atoms with Crippen LogP contribution < -0.4 is 5.32 Å². The summed E-state index contributed by atoms with van der Waals surface area (Å²) in [5.74, 6) is -7.80. The van der Waals surface area contributed by atoms with Gasteiger partial charge in [-0.25, -0.2) is 17.6 Å². The normalized spacial score (nSPS) is 10.7. The average Bonchev–Trinajstić information content (AvgIpc) is 2.71. The first-order chi connectivity index (χ1) is 9.31. The van der Waals surface area contributed by atoms with E-state index in [9.17, 15) is 22.4 Å². The van der Waals surface area contributed by atoms with E-state index < -0.39 is 34.9 Å². The molecule has 0 aliphatic rings. The third-order valence-electron chi connectivity index (χ3n) is 2.35. The van der Waals surface area contributed by atoms with Gasteiger partial charge in [0.2, 0.25) is 0 Å². The second-order valence-corrected chi connectivity index (χ2v) is 4.20. The van der Waals surface area contributed by atoms with Gasteiger partial charge in [0.25, 0.3) is 5.91 Å². The monoisotopic (exact) mass is 307 g/mol. The molecule has 106 valence electrons. The Morgan fingerprint density at radius 3 is 2.25 bits per heavy atom. The Morgan fingerprint density at radius 2 is 1.80 bits per heavy atom. The zero-order valence-corrected chi connectivity index (χ0v) is 10.6. The number of carbonyl (C=O) groups is 1. The molecular weight excluding hydrogens is 302 g/mol. The summed E-state index contributed by atoms with van der Waals surface area (Å²) in [6.07, 6.45) is 1.27. The third kappa shape index (κ3) is 2.46. The molecule has 9 heteroatoms. The van der Waals surface area contributed by atoms with Crippen molar-refractivity contribution in [1.82, 2.24) is 9.78 Å². The van der Waals surface area contributed by atoms with Crippen LogP contribution in [0.5, 0.6) is 0 Å². The number of nitrogens with zero attached hydrogens (tertiary/aromatic N) is 2. The van der Waals surface area contributed by atoms with Gasteiger partial charge in [-0.2, -0.15) is 5.10 Å². The maximum absolute atomic E-state index is 13.4. The van der Waals surface area contributed by atoms with Gasteiger partial charge in [0.15, 0.2) is 29.0 Å². The van der Waals surface area contributed by atoms with Gasteiger partial charge >= 0.3 is 0 Å². The molecule has 0 aliphatic carbocycles. The van der Waals surface area contributed by atoms with Crippen LogP contribution in [0.1, 0.15) is 10.5 Å².